The quantitative estimate of drug-likeness (QED) is 0.552. The number of nitrogens with zero attached hydrogens (tertiary/aromatic N) is 1. The maximum absolute atomic E-state index is 13.4. The third kappa shape index (κ3) is 4.08. The number of para-hydroxylation sites is 1. The molecule has 3 aromatic carbocycles. The Bertz CT molecular complexity index is 1120. The summed E-state index contributed by atoms with van der Waals surface area (Å²) < 4.78 is 5.51. The number of nitrogens with one attached hydrogen (secondary N) is 1. The molecule has 1 aliphatic rings. The van der Waals surface area contributed by atoms with E-state index in [0.717, 1.165) is 12.1 Å². The zero-order valence-electron chi connectivity index (χ0n) is 17.6. The van der Waals surface area contributed by atoms with E-state index in [4.69, 9.17) is 4.74 Å². The van der Waals surface area contributed by atoms with E-state index in [1.807, 2.05) is 61.5 Å². The summed E-state index contributed by atoms with van der Waals surface area (Å²) in [5.41, 5.74) is 3.77. The molecule has 2 amide bonds. The number of hydrogen-bond acceptors (Lipinski definition) is 4. The third-order valence-corrected chi connectivity index (χ3v) is 5.18. The molecule has 0 spiro atoms. The number of aryl methyl sites for hydroxylation is 1. The number of benzene rings is 3. The molecular formula is C26H24N2O3. The van der Waals surface area contributed by atoms with Gasteiger partial charge in [0, 0.05) is 5.69 Å². The predicted octanol–water partition coefficient (Wildman–Crippen LogP) is 5.04. The van der Waals surface area contributed by atoms with Crippen molar-refractivity contribution in [2.45, 2.75) is 20.3 Å². The standard InChI is InChI=1S/C26H24N2O3/c1-3-18-10-14-20(15-11-18)27-24-23(19-12-16-22(17-13-19)31-4-2)25(29)28(26(24)30)21-8-6-5-7-9-21/h5-17,27H,3-4H2,1-2H3. The van der Waals surface area contributed by atoms with Gasteiger partial charge in [-0.2, -0.15) is 0 Å². The molecule has 4 rings (SSSR count). The van der Waals surface area contributed by atoms with Crippen molar-refractivity contribution in [3.63, 3.8) is 0 Å². The van der Waals surface area contributed by atoms with E-state index in [-0.39, 0.29) is 17.5 Å². The summed E-state index contributed by atoms with van der Waals surface area (Å²) in [5.74, 6) is -0.0131. The summed E-state index contributed by atoms with van der Waals surface area (Å²) in [6, 6.07) is 24.1. The molecule has 31 heavy (non-hydrogen) atoms. The van der Waals surface area contributed by atoms with Crippen LogP contribution in [0.2, 0.25) is 0 Å². The molecule has 0 fully saturated rings. The summed E-state index contributed by atoms with van der Waals surface area (Å²) in [6.45, 7) is 4.56. The molecule has 156 valence electrons. The van der Waals surface area contributed by atoms with Gasteiger partial charge in [0.1, 0.15) is 11.4 Å². The Morgan fingerprint density at radius 2 is 1.48 bits per heavy atom. The lowest BCUT2D eigenvalue weighted by atomic mass is 10.0. The fourth-order valence-corrected chi connectivity index (χ4v) is 3.58. The largest absolute Gasteiger partial charge is 0.494 e. The van der Waals surface area contributed by atoms with Crippen LogP contribution in [-0.2, 0) is 16.0 Å². The molecule has 1 heterocycles. The Hall–Kier alpha value is -3.86. The topological polar surface area (TPSA) is 58.6 Å². The number of carbonyl (C=O) groups is 2. The normalized spacial score (nSPS) is 13.7. The van der Waals surface area contributed by atoms with Crippen molar-refractivity contribution >= 4 is 28.8 Å². The second-order valence-corrected chi connectivity index (χ2v) is 7.16. The first-order chi connectivity index (χ1) is 15.1. The first-order valence-corrected chi connectivity index (χ1v) is 10.4. The number of carbonyl (C=O) groups excluding carboxylic acids is 2. The van der Waals surface area contributed by atoms with Crippen LogP contribution in [0.25, 0.3) is 5.57 Å². The molecule has 0 saturated heterocycles. The summed E-state index contributed by atoms with van der Waals surface area (Å²) in [7, 11) is 0. The molecule has 0 aromatic heterocycles. The lowest BCUT2D eigenvalue weighted by Crippen LogP contribution is -2.32. The molecule has 0 radical (unpaired) electrons. The van der Waals surface area contributed by atoms with Gasteiger partial charge >= 0.3 is 0 Å². The van der Waals surface area contributed by atoms with Crippen molar-refractivity contribution in [1.29, 1.82) is 0 Å². The highest BCUT2D eigenvalue weighted by Gasteiger charge is 2.40. The van der Waals surface area contributed by atoms with E-state index in [9.17, 15) is 9.59 Å². The van der Waals surface area contributed by atoms with E-state index in [1.165, 1.54) is 10.5 Å². The van der Waals surface area contributed by atoms with Crippen molar-refractivity contribution in [3.05, 3.63) is 95.7 Å². The average molecular weight is 412 g/mol. The number of anilines is 2. The van der Waals surface area contributed by atoms with Gasteiger partial charge in [0.05, 0.1) is 17.9 Å². The Kier molecular flexibility index (Phi) is 5.85. The molecule has 5 nitrogen and oxygen atoms in total. The molecule has 1 aliphatic heterocycles. The van der Waals surface area contributed by atoms with E-state index in [1.54, 1.807) is 24.3 Å². The summed E-state index contributed by atoms with van der Waals surface area (Å²) in [6.07, 6.45) is 0.930. The smallest absolute Gasteiger partial charge is 0.282 e. The van der Waals surface area contributed by atoms with Gasteiger partial charge in [-0.25, -0.2) is 4.90 Å². The second-order valence-electron chi connectivity index (χ2n) is 7.16. The fourth-order valence-electron chi connectivity index (χ4n) is 3.58. The van der Waals surface area contributed by atoms with E-state index in [0.29, 0.717) is 29.2 Å². The molecule has 0 unspecified atom stereocenters. The Labute approximate surface area is 182 Å². The highest BCUT2D eigenvalue weighted by Crippen LogP contribution is 2.34. The van der Waals surface area contributed by atoms with Gasteiger partial charge in [0.2, 0.25) is 0 Å². The van der Waals surface area contributed by atoms with Crippen LogP contribution < -0.4 is 15.0 Å². The van der Waals surface area contributed by atoms with E-state index in [2.05, 4.69) is 12.2 Å². The zero-order chi connectivity index (χ0) is 21.8. The van der Waals surface area contributed by atoms with Crippen molar-refractivity contribution in [2.24, 2.45) is 0 Å². The first kappa shape index (κ1) is 20.4. The minimum atomic E-state index is -0.375. The molecular weight excluding hydrogens is 388 g/mol. The fraction of sp³-hybridized carbons (Fsp3) is 0.154. The number of imide groups is 1. The lowest BCUT2D eigenvalue weighted by molar-refractivity contribution is -0.120. The Balaban J connectivity index is 1.76. The van der Waals surface area contributed by atoms with E-state index < -0.39 is 0 Å². The SMILES string of the molecule is CCOc1ccc(C2=C(Nc3ccc(CC)cc3)C(=O)N(c3ccccc3)C2=O)cc1. The summed E-state index contributed by atoms with van der Waals surface area (Å²) >= 11 is 0. The van der Waals surface area contributed by atoms with Crippen LogP contribution in [0.15, 0.2) is 84.6 Å². The summed E-state index contributed by atoms with van der Waals surface area (Å²) in [5, 5.41) is 3.20. The first-order valence-electron chi connectivity index (χ1n) is 10.4. The van der Waals surface area contributed by atoms with Gasteiger partial charge in [-0.1, -0.05) is 49.4 Å². The predicted molar refractivity (Wildman–Crippen MR) is 123 cm³/mol. The van der Waals surface area contributed by atoms with Crippen LogP contribution >= 0.6 is 0 Å². The number of hydrogen-bond donors (Lipinski definition) is 1. The Morgan fingerprint density at radius 1 is 0.806 bits per heavy atom. The minimum Gasteiger partial charge on any atom is -0.494 e. The second kappa shape index (κ2) is 8.88. The van der Waals surface area contributed by atoms with Crippen molar-refractivity contribution in [3.8, 4) is 5.75 Å². The molecule has 0 atom stereocenters. The zero-order valence-corrected chi connectivity index (χ0v) is 17.6. The van der Waals surface area contributed by atoms with Crippen molar-refractivity contribution in [1.82, 2.24) is 0 Å². The minimum absolute atomic E-state index is 0.266. The number of amides is 2. The molecule has 5 heteroatoms. The van der Waals surface area contributed by atoms with Crippen LogP contribution in [0.1, 0.15) is 25.0 Å². The summed E-state index contributed by atoms with van der Waals surface area (Å²) in [4.78, 5) is 28.0. The number of rotatable bonds is 7. The van der Waals surface area contributed by atoms with Gasteiger partial charge < -0.3 is 10.1 Å². The molecule has 1 N–H and O–H groups in total. The van der Waals surface area contributed by atoms with Crippen LogP contribution in [0, 0.1) is 0 Å². The van der Waals surface area contributed by atoms with Crippen LogP contribution in [-0.4, -0.2) is 18.4 Å². The van der Waals surface area contributed by atoms with Gasteiger partial charge in [-0.15, -0.1) is 0 Å². The van der Waals surface area contributed by atoms with Gasteiger partial charge in [-0.3, -0.25) is 9.59 Å². The van der Waals surface area contributed by atoms with Crippen molar-refractivity contribution in [2.75, 3.05) is 16.8 Å². The van der Waals surface area contributed by atoms with Crippen LogP contribution in [0.3, 0.4) is 0 Å². The highest BCUT2D eigenvalue weighted by molar-refractivity contribution is 6.46. The van der Waals surface area contributed by atoms with E-state index >= 15 is 0 Å². The lowest BCUT2D eigenvalue weighted by Gasteiger charge is -2.15. The average Bonchev–Trinajstić information content (AvgIpc) is 3.05. The maximum atomic E-state index is 13.4. The molecule has 0 bridgehead atoms. The monoisotopic (exact) mass is 412 g/mol. The molecule has 3 aromatic rings. The van der Waals surface area contributed by atoms with Gasteiger partial charge in [0.15, 0.2) is 0 Å². The Morgan fingerprint density at radius 3 is 2.10 bits per heavy atom. The highest BCUT2D eigenvalue weighted by atomic mass is 16.5. The van der Waals surface area contributed by atoms with Crippen LogP contribution in [0.5, 0.6) is 5.75 Å². The van der Waals surface area contributed by atoms with Crippen molar-refractivity contribution < 1.29 is 14.3 Å². The van der Waals surface area contributed by atoms with Gasteiger partial charge in [-0.05, 0) is 60.9 Å². The van der Waals surface area contributed by atoms with Gasteiger partial charge in [0.25, 0.3) is 11.8 Å². The maximum Gasteiger partial charge on any atom is 0.282 e. The molecule has 0 aliphatic carbocycles. The molecule has 0 saturated carbocycles. The number of ether oxygens (including phenoxy) is 1. The van der Waals surface area contributed by atoms with Crippen LogP contribution in [0.4, 0.5) is 11.4 Å². The third-order valence-electron chi connectivity index (χ3n) is 5.18.